The van der Waals surface area contributed by atoms with Gasteiger partial charge in [-0.05, 0) is 24.5 Å². The molecule has 18 heavy (non-hydrogen) atoms. The number of aliphatic carboxylic acids is 1. The summed E-state index contributed by atoms with van der Waals surface area (Å²) in [5, 5.41) is 11.3. The summed E-state index contributed by atoms with van der Waals surface area (Å²) in [7, 11) is 0. The fourth-order valence-electron chi connectivity index (χ4n) is 1.90. The van der Waals surface area contributed by atoms with E-state index in [1.807, 2.05) is 12.1 Å². The second-order valence-electron chi connectivity index (χ2n) is 4.18. The second-order valence-corrected chi connectivity index (χ2v) is 4.18. The third-order valence-electron chi connectivity index (χ3n) is 2.79. The van der Waals surface area contributed by atoms with Crippen LogP contribution in [0.15, 0.2) is 18.2 Å². The molecule has 2 rings (SSSR count). The molecule has 0 spiro atoms. The second kappa shape index (κ2) is 5.53. The smallest absolute Gasteiger partial charge is 0.303 e. The van der Waals surface area contributed by atoms with E-state index in [9.17, 15) is 9.59 Å². The lowest BCUT2D eigenvalue weighted by atomic mass is 10.0. The van der Waals surface area contributed by atoms with E-state index in [-0.39, 0.29) is 12.3 Å². The topological polar surface area (TPSA) is 75.6 Å². The molecule has 5 heteroatoms. The molecule has 0 radical (unpaired) electrons. The van der Waals surface area contributed by atoms with Gasteiger partial charge in [0.1, 0.15) is 5.75 Å². The Morgan fingerprint density at radius 3 is 3.00 bits per heavy atom. The highest BCUT2D eigenvalue weighted by atomic mass is 16.5. The number of para-hydroxylation sites is 1. The lowest BCUT2D eigenvalue weighted by molar-refractivity contribution is -0.137. The van der Waals surface area contributed by atoms with Gasteiger partial charge in [0.2, 0.25) is 5.91 Å². The predicted molar refractivity (Wildman–Crippen MR) is 65.8 cm³/mol. The number of benzene rings is 1. The lowest BCUT2D eigenvalue weighted by Crippen LogP contribution is -2.19. The number of carboxylic acids is 1. The van der Waals surface area contributed by atoms with Crippen molar-refractivity contribution in [1.82, 2.24) is 0 Å². The zero-order valence-electron chi connectivity index (χ0n) is 9.94. The SMILES string of the molecule is O=C(O)CCCOc1cccc2c1NC(=O)CC2. The minimum absolute atomic E-state index is 0.0101. The van der Waals surface area contributed by atoms with Crippen molar-refractivity contribution in [2.24, 2.45) is 0 Å². The summed E-state index contributed by atoms with van der Waals surface area (Å²) in [4.78, 5) is 21.7. The minimum Gasteiger partial charge on any atom is -0.491 e. The third kappa shape index (κ3) is 3.00. The van der Waals surface area contributed by atoms with E-state index in [4.69, 9.17) is 9.84 Å². The number of nitrogens with one attached hydrogen (secondary N) is 1. The van der Waals surface area contributed by atoms with Gasteiger partial charge in [-0.25, -0.2) is 0 Å². The first-order chi connectivity index (χ1) is 8.66. The molecule has 0 unspecified atom stereocenters. The number of rotatable bonds is 5. The molecule has 1 amide bonds. The number of hydrogen-bond donors (Lipinski definition) is 2. The van der Waals surface area contributed by atoms with Gasteiger partial charge in [0.15, 0.2) is 0 Å². The standard InChI is InChI=1S/C13H15NO4/c15-11-7-6-9-3-1-4-10(13(9)14-11)18-8-2-5-12(16)17/h1,3-4H,2,5-8H2,(H,14,15)(H,16,17). The predicted octanol–water partition coefficient (Wildman–Crippen LogP) is 1.81. The van der Waals surface area contributed by atoms with E-state index in [0.29, 0.717) is 31.6 Å². The quantitative estimate of drug-likeness (QED) is 0.780. The van der Waals surface area contributed by atoms with E-state index in [2.05, 4.69) is 5.32 Å². The fourth-order valence-corrected chi connectivity index (χ4v) is 1.90. The number of carbonyl (C=O) groups is 2. The number of hydrogen-bond acceptors (Lipinski definition) is 3. The molecular weight excluding hydrogens is 234 g/mol. The van der Waals surface area contributed by atoms with Gasteiger partial charge in [0.25, 0.3) is 0 Å². The molecule has 5 nitrogen and oxygen atoms in total. The summed E-state index contributed by atoms with van der Waals surface area (Å²) in [5.41, 5.74) is 1.79. The fraction of sp³-hybridized carbons (Fsp3) is 0.385. The first kappa shape index (κ1) is 12.4. The van der Waals surface area contributed by atoms with Crippen LogP contribution in [0.1, 0.15) is 24.8 Å². The molecule has 96 valence electrons. The molecule has 1 aliphatic rings. The van der Waals surface area contributed by atoms with E-state index >= 15 is 0 Å². The molecule has 1 heterocycles. The number of fused-ring (bicyclic) bond motifs is 1. The van der Waals surface area contributed by atoms with Crippen LogP contribution in [0, 0.1) is 0 Å². The van der Waals surface area contributed by atoms with Gasteiger partial charge >= 0.3 is 5.97 Å². The van der Waals surface area contributed by atoms with Crippen LogP contribution in [0.2, 0.25) is 0 Å². The van der Waals surface area contributed by atoms with Crippen molar-refractivity contribution in [2.45, 2.75) is 25.7 Å². The summed E-state index contributed by atoms with van der Waals surface area (Å²) < 4.78 is 5.53. The number of carboxylic acid groups (broad SMARTS) is 1. The van der Waals surface area contributed by atoms with Crippen LogP contribution in [0.25, 0.3) is 0 Å². The molecule has 0 aliphatic carbocycles. The molecule has 0 bridgehead atoms. The maximum absolute atomic E-state index is 11.4. The normalized spacial score (nSPS) is 13.7. The highest BCUT2D eigenvalue weighted by Gasteiger charge is 2.18. The molecule has 1 aromatic rings. The summed E-state index contributed by atoms with van der Waals surface area (Å²) in [6.07, 6.45) is 1.75. The van der Waals surface area contributed by atoms with Crippen LogP contribution in [0.5, 0.6) is 5.75 Å². The Hall–Kier alpha value is -2.04. The van der Waals surface area contributed by atoms with Crippen molar-refractivity contribution in [3.63, 3.8) is 0 Å². The Labute approximate surface area is 105 Å². The molecule has 1 aromatic carbocycles. The zero-order valence-corrected chi connectivity index (χ0v) is 9.94. The Morgan fingerprint density at radius 1 is 1.39 bits per heavy atom. The summed E-state index contributed by atoms with van der Waals surface area (Å²) in [6.45, 7) is 0.332. The van der Waals surface area contributed by atoms with Gasteiger partial charge in [0.05, 0.1) is 12.3 Å². The molecule has 0 aromatic heterocycles. The molecule has 0 atom stereocenters. The monoisotopic (exact) mass is 249 g/mol. The lowest BCUT2D eigenvalue weighted by Gasteiger charge is -2.20. The Morgan fingerprint density at radius 2 is 2.22 bits per heavy atom. The molecular formula is C13H15NO4. The van der Waals surface area contributed by atoms with Crippen molar-refractivity contribution < 1.29 is 19.4 Å². The van der Waals surface area contributed by atoms with Crippen LogP contribution in [-0.4, -0.2) is 23.6 Å². The zero-order chi connectivity index (χ0) is 13.0. The molecule has 1 aliphatic heterocycles. The highest BCUT2D eigenvalue weighted by molar-refractivity contribution is 5.95. The van der Waals surface area contributed by atoms with E-state index in [1.165, 1.54) is 0 Å². The van der Waals surface area contributed by atoms with Crippen molar-refractivity contribution >= 4 is 17.6 Å². The van der Waals surface area contributed by atoms with Crippen molar-refractivity contribution in [3.05, 3.63) is 23.8 Å². The van der Waals surface area contributed by atoms with Gasteiger partial charge in [0, 0.05) is 12.8 Å². The number of ether oxygens (including phenoxy) is 1. The highest BCUT2D eigenvalue weighted by Crippen LogP contribution is 2.32. The third-order valence-corrected chi connectivity index (χ3v) is 2.79. The Balaban J connectivity index is 2.00. The van der Waals surface area contributed by atoms with Crippen LogP contribution < -0.4 is 10.1 Å². The van der Waals surface area contributed by atoms with Gasteiger partial charge in [-0.2, -0.15) is 0 Å². The summed E-state index contributed by atoms with van der Waals surface area (Å²) in [6, 6.07) is 5.62. The van der Waals surface area contributed by atoms with E-state index in [0.717, 1.165) is 11.3 Å². The number of anilines is 1. The van der Waals surface area contributed by atoms with Crippen molar-refractivity contribution in [1.29, 1.82) is 0 Å². The van der Waals surface area contributed by atoms with Crippen molar-refractivity contribution in [3.8, 4) is 5.75 Å². The van der Waals surface area contributed by atoms with Crippen LogP contribution >= 0.6 is 0 Å². The van der Waals surface area contributed by atoms with E-state index < -0.39 is 5.97 Å². The van der Waals surface area contributed by atoms with Gasteiger partial charge in [-0.1, -0.05) is 12.1 Å². The average Bonchev–Trinajstić information content (AvgIpc) is 2.34. The molecule has 0 saturated carbocycles. The van der Waals surface area contributed by atoms with Gasteiger partial charge in [-0.3, -0.25) is 9.59 Å². The Bertz CT molecular complexity index is 470. The average molecular weight is 249 g/mol. The first-order valence-electron chi connectivity index (χ1n) is 5.93. The summed E-state index contributed by atoms with van der Waals surface area (Å²) in [5.74, 6) is -0.225. The van der Waals surface area contributed by atoms with E-state index in [1.54, 1.807) is 6.07 Å². The van der Waals surface area contributed by atoms with Gasteiger partial charge in [-0.15, -0.1) is 0 Å². The van der Waals surface area contributed by atoms with Crippen molar-refractivity contribution in [2.75, 3.05) is 11.9 Å². The maximum Gasteiger partial charge on any atom is 0.303 e. The molecule has 2 N–H and O–H groups in total. The van der Waals surface area contributed by atoms with Gasteiger partial charge < -0.3 is 15.2 Å². The number of carbonyl (C=O) groups excluding carboxylic acids is 1. The maximum atomic E-state index is 11.4. The van der Waals surface area contributed by atoms with Crippen LogP contribution in [-0.2, 0) is 16.0 Å². The summed E-state index contributed by atoms with van der Waals surface area (Å²) >= 11 is 0. The Kier molecular flexibility index (Phi) is 3.82. The van der Waals surface area contributed by atoms with Crippen LogP contribution in [0.3, 0.4) is 0 Å². The largest absolute Gasteiger partial charge is 0.491 e. The number of amides is 1. The first-order valence-corrected chi connectivity index (χ1v) is 5.93. The van der Waals surface area contributed by atoms with Crippen LogP contribution in [0.4, 0.5) is 5.69 Å². The molecule has 0 fully saturated rings. The number of aryl methyl sites for hydroxylation is 1. The minimum atomic E-state index is -0.831. The molecule has 0 saturated heterocycles.